The van der Waals surface area contributed by atoms with E-state index in [0.717, 1.165) is 25.0 Å². The number of carbonyl (C=O) groups excluding carboxylic acids is 1. The molecule has 0 aromatic carbocycles. The van der Waals surface area contributed by atoms with Gasteiger partial charge in [0.05, 0.1) is 0 Å². The Balaban J connectivity index is 0.000000845. The molecule has 1 unspecified atom stereocenters. The van der Waals surface area contributed by atoms with E-state index < -0.39 is 0 Å². The maximum absolute atomic E-state index is 11.2. The zero-order valence-corrected chi connectivity index (χ0v) is 8.27. The number of rotatable bonds is 0. The molecule has 1 aliphatic heterocycles. The molecule has 0 aromatic rings. The molecule has 0 radical (unpaired) electrons. The molecule has 1 fully saturated rings. The summed E-state index contributed by atoms with van der Waals surface area (Å²) in [6.07, 6.45) is 10.2. The van der Waals surface area contributed by atoms with Crippen molar-refractivity contribution < 1.29 is 4.79 Å². The Morgan fingerprint density at radius 1 is 1.46 bits per heavy atom. The van der Waals surface area contributed by atoms with E-state index in [9.17, 15) is 4.79 Å². The lowest BCUT2D eigenvalue weighted by Crippen LogP contribution is -2.24. The van der Waals surface area contributed by atoms with Gasteiger partial charge in [-0.1, -0.05) is 12.2 Å². The predicted molar refractivity (Wildman–Crippen MR) is 54.6 cm³/mol. The average molecular weight is 200 g/mol. The van der Waals surface area contributed by atoms with Gasteiger partial charge >= 0.3 is 0 Å². The molecule has 0 bridgehead atoms. The second kappa shape index (κ2) is 4.47. The summed E-state index contributed by atoms with van der Waals surface area (Å²) in [5.41, 5.74) is 1.13. The third-order valence-electron chi connectivity index (χ3n) is 2.51. The Hall–Kier alpha value is -0.760. The lowest BCUT2D eigenvalue weighted by molar-refractivity contribution is -0.120. The van der Waals surface area contributed by atoms with Crippen molar-refractivity contribution in [1.82, 2.24) is 5.32 Å². The van der Waals surface area contributed by atoms with Gasteiger partial charge in [0.25, 0.3) is 0 Å². The number of nitrogens with one attached hydrogen (secondary N) is 1. The molecule has 3 heteroatoms. The van der Waals surface area contributed by atoms with Crippen LogP contribution in [0.3, 0.4) is 0 Å². The van der Waals surface area contributed by atoms with Gasteiger partial charge in [0, 0.05) is 18.0 Å². The third-order valence-corrected chi connectivity index (χ3v) is 2.51. The van der Waals surface area contributed by atoms with Gasteiger partial charge in [0.1, 0.15) is 0 Å². The molecule has 1 amide bonds. The summed E-state index contributed by atoms with van der Waals surface area (Å²) in [5, 5.41) is 2.95. The number of carbonyl (C=O) groups is 1. The number of halogens is 1. The topological polar surface area (TPSA) is 29.1 Å². The van der Waals surface area contributed by atoms with Gasteiger partial charge in [0.15, 0.2) is 0 Å². The first kappa shape index (κ1) is 10.3. The monoisotopic (exact) mass is 199 g/mol. The first-order valence-corrected chi connectivity index (χ1v) is 4.53. The number of amides is 1. The van der Waals surface area contributed by atoms with E-state index in [0.29, 0.717) is 12.3 Å². The first-order chi connectivity index (χ1) is 5.86. The van der Waals surface area contributed by atoms with E-state index in [4.69, 9.17) is 0 Å². The zero-order chi connectivity index (χ0) is 8.39. The van der Waals surface area contributed by atoms with Crippen molar-refractivity contribution in [2.75, 3.05) is 0 Å². The largest absolute Gasteiger partial charge is 0.329 e. The van der Waals surface area contributed by atoms with Gasteiger partial charge in [-0.25, -0.2) is 0 Å². The minimum Gasteiger partial charge on any atom is -0.329 e. The maximum Gasteiger partial charge on any atom is 0.224 e. The van der Waals surface area contributed by atoms with E-state index in [2.05, 4.69) is 11.4 Å². The van der Waals surface area contributed by atoms with Crippen molar-refractivity contribution in [2.45, 2.75) is 25.7 Å². The quantitative estimate of drug-likeness (QED) is 0.637. The summed E-state index contributed by atoms with van der Waals surface area (Å²) in [4.78, 5) is 11.2. The second-order valence-corrected chi connectivity index (χ2v) is 3.42. The minimum atomic E-state index is 0. The molecule has 1 saturated heterocycles. The van der Waals surface area contributed by atoms with E-state index in [1.165, 1.54) is 0 Å². The highest BCUT2D eigenvalue weighted by molar-refractivity contribution is 5.85. The normalized spacial score (nSPS) is 26.3. The third kappa shape index (κ3) is 2.34. The summed E-state index contributed by atoms with van der Waals surface area (Å²) in [6, 6.07) is 0. The molecule has 1 N–H and O–H groups in total. The molecule has 0 saturated carbocycles. The smallest absolute Gasteiger partial charge is 0.224 e. The Morgan fingerprint density at radius 3 is 3.15 bits per heavy atom. The Kier molecular flexibility index (Phi) is 3.55. The Labute approximate surface area is 84.5 Å². The fourth-order valence-electron chi connectivity index (χ4n) is 1.83. The van der Waals surface area contributed by atoms with Crippen molar-refractivity contribution in [2.24, 2.45) is 5.92 Å². The van der Waals surface area contributed by atoms with Crippen LogP contribution in [-0.4, -0.2) is 5.91 Å². The van der Waals surface area contributed by atoms with Crippen molar-refractivity contribution in [3.05, 3.63) is 23.9 Å². The molecule has 1 aliphatic carbocycles. The van der Waals surface area contributed by atoms with Crippen molar-refractivity contribution in [3.63, 3.8) is 0 Å². The van der Waals surface area contributed by atoms with Crippen LogP contribution in [0, 0.1) is 5.92 Å². The van der Waals surface area contributed by atoms with Gasteiger partial charge in [0.2, 0.25) is 5.91 Å². The summed E-state index contributed by atoms with van der Waals surface area (Å²) >= 11 is 0. The Morgan fingerprint density at radius 2 is 2.31 bits per heavy atom. The fraction of sp³-hybridized carbons (Fsp3) is 0.500. The maximum atomic E-state index is 11.2. The van der Waals surface area contributed by atoms with Gasteiger partial charge in [-0.3, -0.25) is 4.79 Å². The van der Waals surface area contributed by atoms with Crippen LogP contribution in [0.25, 0.3) is 0 Å². The number of fused-ring (bicyclic) bond motifs is 1. The molecule has 2 aliphatic rings. The van der Waals surface area contributed by atoms with Gasteiger partial charge in [-0.15, -0.1) is 12.4 Å². The van der Waals surface area contributed by atoms with Crippen molar-refractivity contribution in [3.8, 4) is 0 Å². The summed E-state index contributed by atoms with van der Waals surface area (Å²) in [6.45, 7) is 0. The highest BCUT2D eigenvalue weighted by atomic mass is 35.5. The molecule has 72 valence electrons. The molecular weight excluding hydrogens is 186 g/mol. The average Bonchev–Trinajstić information content (AvgIpc) is 2.25. The SMILES string of the molecule is Cl.O=C1CCCC2CC=CC=C2N1. The highest BCUT2D eigenvalue weighted by Gasteiger charge is 2.20. The molecule has 2 nitrogen and oxygen atoms in total. The number of hydrogen-bond donors (Lipinski definition) is 1. The highest BCUT2D eigenvalue weighted by Crippen LogP contribution is 2.26. The van der Waals surface area contributed by atoms with Gasteiger partial charge in [-0.05, 0) is 25.3 Å². The van der Waals surface area contributed by atoms with Crippen LogP contribution in [0.1, 0.15) is 25.7 Å². The molecule has 2 rings (SSSR count). The van der Waals surface area contributed by atoms with Crippen LogP contribution in [0.5, 0.6) is 0 Å². The van der Waals surface area contributed by atoms with Crippen LogP contribution < -0.4 is 5.32 Å². The van der Waals surface area contributed by atoms with E-state index >= 15 is 0 Å². The summed E-state index contributed by atoms with van der Waals surface area (Å²) in [5.74, 6) is 0.750. The molecule has 0 aromatic heterocycles. The number of hydrogen-bond acceptors (Lipinski definition) is 1. The molecule has 1 atom stereocenters. The van der Waals surface area contributed by atoms with Crippen LogP contribution in [0.15, 0.2) is 23.9 Å². The lowest BCUT2D eigenvalue weighted by Gasteiger charge is -2.18. The molecule has 13 heavy (non-hydrogen) atoms. The van der Waals surface area contributed by atoms with Crippen molar-refractivity contribution in [1.29, 1.82) is 0 Å². The molecular formula is C10H14ClNO. The van der Waals surface area contributed by atoms with E-state index in [1.54, 1.807) is 0 Å². The van der Waals surface area contributed by atoms with Crippen molar-refractivity contribution >= 4 is 18.3 Å². The van der Waals surface area contributed by atoms with E-state index in [-0.39, 0.29) is 18.3 Å². The van der Waals surface area contributed by atoms with Crippen LogP contribution in [0.2, 0.25) is 0 Å². The predicted octanol–water partition coefficient (Wildman–Crippen LogP) is 2.17. The second-order valence-electron chi connectivity index (χ2n) is 3.42. The van der Waals surface area contributed by atoms with E-state index in [1.807, 2.05) is 12.2 Å². The molecule has 0 spiro atoms. The number of allylic oxidation sites excluding steroid dienone is 4. The minimum absolute atomic E-state index is 0. The van der Waals surface area contributed by atoms with Crippen LogP contribution in [-0.2, 0) is 4.79 Å². The zero-order valence-electron chi connectivity index (χ0n) is 7.45. The van der Waals surface area contributed by atoms with Gasteiger partial charge < -0.3 is 5.32 Å². The standard InChI is InChI=1S/C10H13NO.ClH/c12-10-7-3-5-8-4-1-2-6-9(8)11-10;/h1-2,6,8H,3-5,7H2,(H,11,12);1H. The lowest BCUT2D eigenvalue weighted by atomic mass is 9.93. The Bertz CT molecular complexity index is 258. The van der Waals surface area contributed by atoms with Crippen LogP contribution in [0.4, 0.5) is 0 Å². The fourth-order valence-corrected chi connectivity index (χ4v) is 1.83. The van der Waals surface area contributed by atoms with Crippen LogP contribution >= 0.6 is 12.4 Å². The molecule has 1 heterocycles. The van der Waals surface area contributed by atoms with Gasteiger partial charge in [-0.2, -0.15) is 0 Å². The summed E-state index contributed by atoms with van der Waals surface area (Å²) < 4.78 is 0. The summed E-state index contributed by atoms with van der Waals surface area (Å²) in [7, 11) is 0. The first-order valence-electron chi connectivity index (χ1n) is 4.53.